The van der Waals surface area contributed by atoms with Crippen molar-refractivity contribution in [1.29, 1.82) is 0 Å². The van der Waals surface area contributed by atoms with Gasteiger partial charge in [-0.25, -0.2) is 4.79 Å². The van der Waals surface area contributed by atoms with Crippen molar-refractivity contribution in [3.63, 3.8) is 0 Å². The summed E-state index contributed by atoms with van der Waals surface area (Å²) < 4.78 is 7.49. The van der Waals surface area contributed by atoms with Crippen LogP contribution in [0.2, 0.25) is 19.1 Å². The van der Waals surface area contributed by atoms with E-state index in [1.165, 1.54) is 18.5 Å². The number of hydrogen-bond donors (Lipinski definition) is 0. The topological polar surface area (TPSA) is 29.5 Å². The normalized spacial score (nSPS) is 11.6. The van der Waals surface area contributed by atoms with Crippen molar-refractivity contribution in [2.75, 3.05) is 13.3 Å². The quantitative estimate of drug-likeness (QED) is 0.284. The van der Waals surface area contributed by atoms with Crippen LogP contribution in [0.4, 0.5) is 0 Å². The molecule has 0 bridgehead atoms. The second-order valence-electron chi connectivity index (χ2n) is 4.58. The van der Waals surface area contributed by atoms with E-state index < -0.39 is 8.24 Å². The van der Waals surface area contributed by atoms with Crippen LogP contribution < -0.4 is 0 Å². The average Bonchev–Trinajstić information content (AvgIpc) is 2.28. The van der Waals surface area contributed by atoms with Crippen LogP contribution in [0.25, 0.3) is 0 Å². The van der Waals surface area contributed by atoms with E-state index >= 15 is 0 Å². The summed E-state index contributed by atoms with van der Waals surface area (Å²) in [5, 5.41) is 0. The van der Waals surface area contributed by atoms with Crippen LogP contribution in [0.5, 0.6) is 0 Å². The number of esters is 1. The molecule has 0 aromatic carbocycles. The fraction of sp³-hybridized carbons (Fsp3) is 0.750. The van der Waals surface area contributed by atoms with E-state index in [4.69, 9.17) is 4.74 Å². The first-order valence-corrected chi connectivity index (χ1v) is 9.17. The average molecular weight is 243 g/mol. The van der Waals surface area contributed by atoms with Crippen LogP contribution in [0.3, 0.4) is 0 Å². The highest BCUT2D eigenvalue weighted by Gasteiger charge is 2.27. The molecular weight excluding hydrogens is 218 g/mol. The predicted octanol–water partition coefficient (Wildman–Crippen LogP) is 3.00. The Labute approximate surface area is 101 Å². The second-order valence-corrected chi connectivity index (χ2v) is 9.54. The lowest BCUT2D eigenvalue weighted by atomic mass is 10.3. The molecule has 4 heteroatoms. The SMILES string of the molecule is C=CC(=O)OCN(CCCC)[Si](C)(C)CC. The smallest absolute Gasteiger partial charge is 0.331 e. The summed E-state index contributed by atoms with van der Waals surface area (Å²) in [5.41, 5.74) is 0. The molecule has 0 amide bonds. The van der Waals surface area contributed by atoms with Gasteiger partial charge in [0, 0.05) is 6.08 Å². The van der Waals surface area contributed by atoms with Gasteiger partial charge in [0.25, 0.3) is 0 Å². The first-order chi connectivity index (χ1) is 7.47. The molecular formula is C12H25NO2Si. The zero-order valence-electron chi connectivity index (χ0n) is 11.1. The van der Waals surface area contributed by atoms with E-state index in [0.717, 1.165) is 13.0 Å². The van der Waals surface area contributed by atoms with Gasteiger partial charge in [-0.15, -0.1) is 0 Å². The Kier molecular flexibility index (Phi) is 7.33. The van der Waals surface area contributed by atoms with Gasteiger partial charge in [-0.3, -0.25) is 4.57 Å². The Morgan fingerprint density at radius 2 is 2.06 bits per heavy atom. The van der Waals surface area contributed by atoms with E-state index in [9.17, 15) is 4.79 Å². The van der Waals surface area contributed by atoms with E-state index in [-0.39, 0.29) is 5.97 Å². The van der Waals surface area contributed by atoms with Gasteiger partial charge < -0.3 is 4.74 Å². The van der Waals surface area contributed by atoms with Gasteiger partial charge in [0.15, 0.2) is 0 Å². The standard InChI is InChI=1S/C12H25NO2Si/c1-6-9-10-13(16(4,5)8-3)11-15-12(14)7-2/h7H,2,6,8-11H2,1,3-5H3. The maximum absolute atomic E-state index is 11.1. The van der Waals surface area contributed by atoms with Crippen molar-refractivity contribution in [1.82, 2.24) is 4.57 Å². The zero-order chi connectivity index (χ0) is 12.6. The van der Waals surface area contributed by atoms with Gasteiger partial charge in [-0.2, -0.15) is 0 Å². The largest absolute Gasteiger partial charge is 0.447 e. The molecule has 0 fully saturated rings. The maximum Gasteiger partial charge on any atom is 0.331 e. The number of ether oxygens (including phenoxy) is 1. The summed E-state index contributed by atoms with van der Waals surface area (Å²) in [6, 6.07) is 1.17. The molecule has 0 aliphatic heterocycles. The van der Waals surface area contributed by atoms with E-state index in [1.54, 1.807) is 0 Å². The molecule has 0 saturated heterocycles. The summed E-state index contributed by atoms with van der Waals surface area (Å²) >= 11 is 0. The molecule has 16 heavy (non-hydrogen) atoms. The number of nitrogens with zero attached hydrogens (tertiary/aromatic N) is 1. The van der Waals surface area contributed by atoms with Gasteiger partial charge in [0.2, 0.25) is 0 Å². The van der Waals surface area contributed by atoms with E-state index in [2.05, 4.69) is 38.1 Å². The van der Waals surface area contributed by atoms with Crippen molar-refractivity contribution in [3.05, 3.63) is 12.7 Å². The van der Waals surface area contributed by atoms with Crippen LogP contribution in [-0.2, 0) is 9.53 Å². The molecule has 0 unspecified atom stereocenters. The lowest BCUT2D eigenvalue weighted by molar-refractivity contribution is -0.140. The molecule has 0 aromatic heterocycles. The Morgan fingerprint density at radius 3 is 2.50 bits per heavy atom. The first-order valence-electron chi connectivity index (χ1n) is 6.02. The molecule has 94 valence electrons. The molecule has 0 heterocycles. The van der Waals surface area contributed by atoms with Gasteiger partial charge in [0.1, 0.15) is 15.0 Å². The van der Waals surface area contributed by atoms with E-state index in [0.29, 0.717) is 6.73 Å². The Balaban J connectivity index is 4.31. The fourth-order valence-electron chi connectivity index (χ4n) is 1.32. The highest BCUT2D eigenvalue weighted by atomic mass is 28.3. The third-order valence-electron chi connectivity index (χ3n) is 3.03. The van der Waals surface area contributed by atoms with Crippen LogP contribution in [-0.4, -0.2) is 32.0 Å². The minimum Gasteiger partial charge on any atom is -0.447 e. The first kappa shape index (κ1) is 15.4. The summed E-state index contributed by atoms with van der Waals surface area (Å²) in [6.45, 7) is 13.8. The summed E-state index contributed by atoms with van der Waals surface area (Å²) in [7, 11) is -1.40. The highest BCUT2D eigenvalue weighted by Crippen LogP contribution is 2.15. The molecule has 0 aliphatic rings. The van der Waals surface area contributed by atoms with Gasteiger partial charge >= 0.3 is 5.97 Å². The van der Waals surface area contributed by atoms with Crippen LogP contribution >= 0.6 is 0 Å². The van der Waals surface area contributed by atoms with Crippen molar-refractivity contribution in [2.45, 2.75) is 45.8 Å². The lowest BCUT2D eigenvalue weighted by Crippen LogP contribution is -2.49. The molecule has 3 nitrogen and oxygen atoms in total. The van der Waals surface area contributed by atoms with Gasteiger partial charge in [-0.05, 0) is 19.0 Å². The number of rotatable bonds is 8. The molecule has 0 N–H and O–H groups in total. The number of unbranched alkanes of at least 4 members (excludes halogenated alkanes) is 1. The summed E-state index contributed by atoms with van der Waals surface area (Å²) in [6.07, 6.45) is 3.54. The Morgan fingerprint density at radius 1 is 1.44 bits per heavy atom. The summed E-state index contributed by atoms with van der Waals surface area (Å²) in [5.74, 6) is -0.331. The molecule has 0 radical (unpaired) electrons. The molecule has 0 atom stereocenters. The molecule has 0 aromatic rings. The van der Waals surface area contributed by atoms with Crippen LogP contribution in [0.1, 0.15) is 26.7 Å². The highest BCUT2D eigenvalue weighted by molar-refractivity contribution is 6.74. The van der Waals surface area contributed by atoms with Gasteiger partial charge in [0.05, 0.1) is 0 Å². The minimum absolute atomic E-state index is 0.331. The third-order valence-corrected chi connectivity index (χ3v) is 6.83. The predicted molar refractivity (Wildman–Crippen MR) is 70.7 cm³/mol. The second kappa shape index (κ2) is 7.63. The Hall–Kier alpha value is -0.613. The van der Waals surface area contributed by atoms with Gasteiger partial charge in [-0.1, -0.05) is 39.9 Å². The van der Waals surface area contributed by atoms with Crippen LogP contribution in [0, 0.1) is 0 Å². The maximum atomic E-state index is 11.1. The zero-order valence-corrected chi connectivity index (χ0v) is 12.1. The molecule has 0 aliphatic carbocycles. The number of carbonyl (C=O) groups is 1. The molecule has 0 rings (SSSR count). The van der Waals surface area contributed by atoms with E-state index in [1.807, 2.05) is 0 Å². The van der Waals surface area contributed by atoms with Crippen LogP contribution in [0.15, 0.2) is 12.7 Å². The Bertz CT molecular complexity index is 229. The van der Waals surface area contributed by atoms with Crippen molar-refractivity contribution >= 4 is 14.2 Å². The summed E-state index contributed by atoms with van der Waals surface area (Å²) in [4.78, 5) is 11.1. The number of carbonyl (C=O) groups excluding carboxylic acids is 1. The van der Waals surface area contributed by atoms with Crippen molar-refractivity contribution in [2.24, 2.45) is 0 Å². The fourth-order valence-corrected chi connectivity index (χ4v) is 2.94. The van der Waals surface area contributed by atoms with Crippen molar-refractivity contribution < 1.29 is 9.53 Å². The monoisotopic (exact) mass is 243 g/mol. The minimum atomic E-state index is -1.40. The molecule has 0 saturated carbocycles. The molecule has 0 spiro atoms. The number of hydrogen-bond acceptors (Lipinski definition) is 3. The third kappa shape index (κ3) is 5.46. The lowest BCUT2D eigenvalue weighted by Gasteiger charge is -2.35. The van der Waals surface area contributed by atoms with Crippen molar-refractivity contribution in [3.8, 4) is 0 Å².